The van der Waals surface area contributed by atoms with Crippen molar-refractivity contribution >= 4 is 16.0 Å². The molecule has 8 heteroatoms. The van der Waals surface area contributed by atoms with E-state index in [4.69, 9.17) is 4.74 Å². The van der Waals surface area contributed by atoms with Crippen LogP contribution in [0.15, 0.2) is 24.3 Å². The largest absolute Gasteiger partial charge is 0.493 e. The van der Waals surface area contributed by atoms with Crippen LogP contribution >= 0.6 is 0 Å². The molecule has 0 spiro atoms. The summed E-state index contributed by atoms with van der Waals surface area (Å²) in [7, 11) is -0.634. The molecule has 0 bridgehead atoms. The number of hydrogen-bond donors (Lipinski definition) is 0. The summed E-state index contributed by atoms with van der Waals surface area (Å²) in [5.74, 6) is 0.0989. The van der Waals surface area contributed by atoms with Crippen molar-refractivity contribution in [2.45, 2.75) is 19.8 Å². The summed E-state index contributed by atoms with van der Waals surface area (Å²) in [6, 6.07) is 5.75. The van der Waals surface area contributed by atoms with Crippen molar-refractivity contribution in [3.05, 3.63) is 35.8 Å². The molecule has 0 unspecified atom stereocenters. The highest BCUT2D eigenvalue weighted by atomic mass is 32.2. The van der Waals surface area contributed by atoms with Crippen molar-refractivity contribution in [2.75, 3.05) is 24.7 Å². The van der Waals surface area contributed by atoms with Crippen molar-refractivity contribution in [3.63, 3.8) is 0 Å². The van der Waals surface area contributed by atoms with Crippen molar-refractivity contribution in [2.24, 2.45) is 0 Å². The minimum absolute atomic E-state index is 0.0196. The molecule has 1 heterocycles. The van der Waals surface area contributed by atoms with E-state index >= 15 is 0 Å². The Labute approximate surface area is 141 Å². The molecule has 2 rings (SSSR count). The van der Waals surface area contributed by atoms with E-state index < -0.39 is 10.0 Å². The highest BCUT2D eigenvalue weighted by molar-refractivity contribution is 7.92. The second-order valence-corrected chi connectivity index (χ2v) is 7.70. The van der Waals surface area contributed by atoms with Gasteiger partial charge >= 0.3 is 0 Å². The van der Waals surface area contributed by atoms with E-state index in [0.29, 0.717) is 22.7 Å². The third kappa shape index (κ3) is 3.64. The van der Waals surface area contributed by atoms with E-state index in [9.17, 15) is 12.8 Å². The zero-order valence-electron chi connectivity index (χ0n) is 14.2. The SMILES string of the molecule is COc1c(-c2ccc(F)cc2)nc(N(C)S(C)(=O)=O)nc1C(C)C. The fourth-order valence-corrected chi connectivity index (χ4v) is 2.52. The van der Waals surface area contributed by atoms with Gasteiger partial charge in [-0.2, -0.15) is 0 Å². The molecule has 1 aromatic carbocycles. The average molecular weight is 353 g/mol. The highest BCUT2D eigenvalue weighted by Crippen LogP contribution is 2.36. The normalized spacial score (nSPS) is 11.6. The Morgan fingerprint density at radius 3 is 2.21 bits per heavy atom. The topological polar surface area (TPSA) is 72.4 Å². The first-order valence-corrected chi connectivity index (χ1v) is 9.15. The fourth-order valence-electron chi connectivity index (χ4n) is 2.14. The zero-order valence-corrected chi connectivity index (χ0v) is 15.1. The Morgan fingerprint density at radius 2 is 1.75 bits per heavy atom. The number of hydrogen-bond acceptors (Lipinski definition) is 5. The van der Waals surface area contributed by atoms with E-state index in [-0.39, 0.29) is 17.7 Å². The second-order valence-electron chi connectivity index (χ2n) is 5.68. The lowest BCUT2D eigenvalue weighted by Gasteiger charge is -2.20. The van der Waals surface area contributed by atoms with E-state index in [2.05, 4.69) is 9.97 Å². The lowest BCUT2D eigenvalue weighted by molar-refractivity contribution is 0.404. The first kappa shape index (κ1) is 18.1. The molecule has 0 saturated heterocycles. The van der Waals surface area contributed by atoms with Crippen LogP contribution < -0.4 is 9.04 Å². The quantitative estimate of drug-likeness (QED) is 0.826. The molecule has 0 amide bonds. The van der Waals surface area contributed by atoms with E-state index in [1.807, 2.05) is 13.8 Å². The van der Waals surface area contributed by atoms with Crippen LogP contribution in [0.25, 0.3) is 11.3 Å². The second kappa shape index (κ2) is 6.72. The standard InChI is InChI=1S/C16H20FN3O3S/c1-10(2)13-15(23-4)14(11-6-8-12(17)9-7-11)19-16(18-13)20(3)24(5,21)22/h6-10H,1-5H3. The molecule has 0 radical (unpaired) electrons. The number of nitrogens with zero attached hydrogens (tertiary/aromatic N) is 3. The maximum atomic E-state index is 13.2. The Morgan fingerprint density at radius 1 is 1.17 bits per heavy atom. The van der Waals surface area contributed by atoms with Gasteiger partial charge in [0.15, 0.2) is 5.75 Å². The zero-order chi connectivity index (χ0) is 18.1. The van der Waals surface area contributed by atoms with Gasteiger partial charge < -0.3 is 4.74 Å². The monoisotopic (exact) mass is 353 g/mol. The lowest BCUT2D eigenvalue weighted by Crippen LogP contribution is -2.27. The number of methoxy groups -OCH3 is 1. The van der Waals surface area contributed by atoms with Crippen molar-refractivity contribution in [1.29, 1.82) is 0 Å². The van der Waals surface area contributed by atoms with Gasteiger partial charge in [0.2, 0.25) is 16.0 Å². The summed E-state index contributed by atoms with van der Waals surface area (Å²) in [4.78, 5) is 8.69. The molecule has 2 aromatic rings. The number of rotatable bonds is 5. The highest BCUT2D eigenvalue weighted by Gasteiger charge is 2.23. The van der Waals surface area contributed by atoms with Crippen molar-refractivity contribution < 1.29 is 17.5 Å². The maximum absolute atomic E-state index is 13.2. The molecule has 0 atom stereocenters. The third-order valence-electron chi connectivity index (χ3n) is 3.53. The van der Waals surface area contributed by atoms with Crippen LogP contribution in [0.1, 0.15) is 25.5 Å². The molecular formula is C16H20FN3O3S. The molecule has 130 valence electrons. The Bertz CT molecular complexity index is 836. The summed E-state index contributed by atoms with van der Waals surface area (Å²) < 4.78 is 43.3. The maximum Gasteiger partial charge on any atom is 0.240 e. The Hall–Kier alpha value is -2.22. The van der Waals surface area contributed by atoms with Crippen LogP contribution in [0.3, 0.4) is 0 Å². The molecule has 0 aliphatic carbocycles. The van der Waals surface area contributed by atoms with E-state index in [1.165, 1.54) is 26.3 Å². The predicted octanol–water partition coefficient (Wildman–Crippen LogP) is 2.81. The molecule has 0 saturated carbocycles. The van der Waals surface area contributed by atoms with Crippen molar-refractivity contribution in [1.82, 2.24) is 9.97 Å². The summed E-state index contributed by atoms with van der Waals surface area (Å²) >= 11 is 0. The van der Waals surface area contributed by atoms with Crippen LogP contribution in [0.2, 0.25) is 0 Å². The van der Waals surface area contributed by atoms with E-state index in [0.717, 1.165) is 10.6 Å². The first-order valence-electron chi connectivity index (χ1n) is 7.31. The number of benzene rings is 1. The molecule has 0 N–H and O–H groups in total. The van der Waals surface area contributed by atoms with Gasteiger partial charge in [0, 0.05) is 12.6 Å². The number of sulfonamides is 1. The first-order chi connectivity index (χ1) is 11.1. The Kier molecular flexibility index (Phi) is 5.08. The van der Waals surface area contributed by atoms with Crippen LogP contribution in [-0.4, -0.2) is 38.8 Å². The molecule has 0 aliphatic rings. The van der Waals surface area contributed by atoms with Crippen LogP contribution in [0, 0.1) is 5.82 Å². The predicted molar refractivity (Wildman–Crippen MR) is 91.3 cm³/mol. The van der Waals surface area contributed by atoms with Crippen LogP contribution in [0.4, 0.5) is 10.3 Å². The fraction of sp³-hybridized carbons (Fsp3) is 0.375. The van der Waals surface area contributed by atoms with Gasteiger partial charge in [-0.3, -0.25) is 0 Å². The van der Waals surface area contributed by atoms with Gasteiger partial charge in [0.25, 0.3) is 0 Å². The van der Waals surface area contributed by atoms with Gasteiger partial charge in [0.1, 0.15) is 11.5 Å². The van der Waals surface area contributed by atoms with E-state index in [1.54, 1.807) is 12.1 Å². The van der Waals surface area contributed by atoms with Gasteiger partial charge in [-0.15, -0.1) is 0 Å². The smallest absolute Gasteiger partial charge is 0.240 e. The average Bonchev–Trinajstić information content (AvgIpc) is 2.52. The summed E-state index contributed by atoms with van der Waals surface area (Å²) in [6.45, 7) is 3.84. The molecule has 6 nitrogen and oxygen atoms in total. The van der Waals surface area contributed by atoms with Crippen LogP contribution in [0.5, 0.6) is 5.75 Å². The van der Waals surface area contributed by atoms with Gasteiger partial charge in [0.05, 0.1) is 19.1 Å². The molecule has 0 fully saturated rings. The van der Waals surface area contributed by atoms with Gasteiger partial charge in [-0.05, 0) is 30.2 Å². The minimum atomic E-state index is -3.52. The minimum Gasteiger partial charge on any atom is -0.493 e. The summed E-state index contributed by atoms with van der Waals surface area (Å²) in [5, 5.41) is 0. The molecular weight excluding hydrogens is 333 g/mol. The number of anilines is 1. The lowest BCUT2D eigenvalue weighted by atomic mass is 10.0. The summed E-state index contributed by atoms with van der Waals surface area (Å²) in [6.07, 6.45) is 1.08. The number of aromatic nitrogens is 2. The summed E-state index contributed by atoms with van der Waals surface area (Å²) in [5.41, 5.74) is 1.61. The molecule has 24 heavy (non-hydrogen) atoms. The Balaban J connectivity index is 2.76. The molecule has 1 aromatic heterocycles. The molecule has 0 aliphatic heterocycles. The van der Waals surface area contributed by atoms with Crippen molar-refractivity contribution in [3.8, 4) is 17.0 Å². The number of ether oxygens (including phenoxy) is 1. The van der Waals surface area contributed by atoms with Gasteiger partial charge in [-0.1, -0.05) is 13.8 Å². The van der Waals surface area contributed by atoms with Crippen LogP contribution in [-0.2, 0) is 10.0 Å². The number of halogens is 1. The third-order valence-corrected chi connectivity index (χ3v) is 4.69. The van der Waals surface area contributed by atoms with Gasteiger partial charge in [-0.25, -0.2) is 27.1 Å².